The molecule has 0 radical (unpaired) electrons. The van der Waals surface area contributed by atoms with Gasteiger partial charge in [0.15, 0.2) is 5.65 Å². The molecule has 0 aliphatic heterocycles. The van der Waals surface area contributed by atoms with Crippen LogP contribution in [0.1, 0.15) is 0 Å². The number of sulfonamides is 1. The van der Waals surface area contributed by atoms with E-state index in [-0.39, 0.29) is 4.90 Å². The zero-order valence-corrected chi connectivity index (χ0v) is 15.1. The summed E-state index contributed by atoms with van der Waals surface area (Å²) in [5.74, 6) is -0.506. The van der Waals surface area contributed by atoms with E-state index in [4.69, 9.17) is 0 Å². The van der Waals surface area contributed by atoms with Crippen molar-refractivity contribution in [1.29, 1.82) is 0 Å². The Kier molecular flexibility index (Phi) is 4.21. The van der Waals surface area contributed by atoms with Crippen LogP contribution in [0.4, 0.5) is 4.39 Å². The summed E-state index contributed by atoms with van der Waals surface area (Å²) in [6, 6.07) is 12.8. The van der Waals surface area contributed by atoms with Crippen molar-refractivity contribution in [1.82, 2.24) is 19.7 Å². The van der Waals surface area contributed by atoms with E-state index in [1.165, 1.54) is 25.4 Å². The fourth-order valence-corrected chi connectivity index (χ4v) is 3.85. The summed E-state index contributed by atoms with van der Waals surface area (Å²) in [6.45, 7) is 0. The van der Waals surface area contributed by atoms with Gasteiger partial charge in [-0.25, -0.2) is 27.5 Å². The lowest BCUT2D eigenvalue weighted by Gasteiger charge is -2.11. The third-order valence-corrected chi connectivity index (χ3v) is 5.73. The number of hydrogen-bond donors (Lipinski definition) is 2. The van der Waals surface area contributed by atoms with Gasteiger partial charge in [0, 0.05) is 17.3 Å². The van der Waals surface area contributed by atoms with Crippen LogP contribution < -0.4 is 4.72 Å². The van der Waals surface area contributed by atoms with E-state index in [1.54, 1.807) is 42.6 Å². The van der Waals surface area contributed by atoms with Crippen molar-refractivity contribution in [3.05, 3.63) is 66.7 Å². The van der Waals surface area contributed by atoms with Gasteiger partial charge in [-0.1, -0.05) is 24.3 Å². The molecule has 2 aromatic carbocycles. The first kappa shape index (κ1) is 17.3. The van der Waals surface area contributed by atoms with Crippen molar-refractivity contribution >= 4 is 21.2 Å². The van der Waals surface area contributed by atoms with E-state index in [0.717, 1.165) is 0 Å². The van der Waals surface area contributed by atoms with E-state index in [0.29, 0.717) is 33.5 Å². The molecule has 0 fully saturated rings. The van der Waals surface area contributed by atoms with Gasteiger partial charge in [-0.3, -0.25) is 0 Å². The molecule has 0 aliphatic rings. The molecule has 0 atom stereocenters. The fraction of sp³-hybridized carbons (Fsp3) is 0.0526. The molecule has 0 bridgehead atoms. The van der Waals surface area contributed by atoms with Crippen LogP contribution >= 0.6 is 0 Å². The Bertz CT molecular complexity index is 1250. The highest BCUT2D eigenvalue weighted by molar-refractivity contribution is 7.89. The highest BCUT2D eigenvalue weighted by Gasteiger charge is 2.18. The minimum Gasteiger partial charge on any atom is -0.345 e. The van der Waals surface area contributed by atoms with Crippen LogP contribution in [0.25, 0.3) is 33.5 Å². The Morgan fingerprint density at radius 1 is 1.07 bits per heavy atom. The molecule has 0 amide bonds. The van der Waals surface area contributed by atoms with Gasteiger partial charge >= 0.3 is 0 Å². The third-order valence-electron chi connectivity index (χ3n) is 4.26. The van der Waals surface area contributed by atoms with Crippen LogP contribution in [0.15, 0.2) is 65.8 Å². The molecule has 6 nitrogen and oxygen atoms in total. The molecule has 0 unspecified atom stereocenters. The van der Waals surface area contributed by atoms with Crippen molar-refractivity contribution in [3.63, 3.8) is 0 Å². The predicted octanol–water partition coefficient (Wildman–Crippen LogP) is 3.34. The maximum absolute atomic E-state index is 14.8. The summed E-state index contributed by atoms with van der Waals surface area (Å²) >= 11 is 0. The molecule has 2 N–H and O–H groups in total. The maximum atomic E-state index is 14.8. The smallest absolute Gasteiger partial charge is 0.240 e. The van der Waals surface area contributed by atoms with E-state index < -0.39 is 15.8 Å². The topological polar surface area (TPSA) is 87.7 Å². The second-order valence-corrected chi connectivity index (χ2v) is 7.72. The summed E-state index contributed by atoms with van der Waals surface area (Å²) in [4.78, 5) is 11.7. The van der Waals surface area contributed by atoms with Crippen LogP contribution in [-0.4, -0.2) is 30.4 Å². The van der Waals surface area contributed by atoms with Crippen molar-refractivity contribution in [2.24, 2.45) is 0 Å². The number of aromatic amines is 1. The third kappa shape index (κ3) is 3.09. The van der Waals surface area contributed by atoms with Crippen molar-refractivity contribution in [3.8, 4) is 22.4 Å². The Labute approximate surface area is 155 Å². The maximum Gasteiger partial charge on any atom is 0.240 e. The van der Waals surface area contributed by atoms with Gasteiger partial charge in [-0.05, 0) is 36.9 Å². The number of halogens is 1. The molecule has 2 aromatic heterocycles. The molecule has 4 aromatic rings. The van der Waals surface area contributed by atoms with E-state index in [1.807, 2.05) is 0 Å². The average molecular weight is 382 g/mol. The standard InChI is InChI=1S/C19H15FN4O2S/c1-21-27(25,26)18-5-3-2-4-13(18)12-6-7-14(15(20)10-12)17-11-23-19-16(24-17)8-9-22-19/h2-11,21H,1H3,(H,22,23). The largest absolute Gasteiger partial charge is 0.345 e. The van der Waals surface area contributed by atoms with Gasteiger partial charge in [-0.15, -0.1) is 0 Å². The second-order valence-electron chi connectivity index (χ2n) is 5.87. The zero-order chi connectivity index (χ0) is 19.0. The lowest BCUT2D eigenvalue weighted by Crippen LogP contribution is -2.19. The summed E-state index contributed by atoms with van der Waals surface area (Å²) in [5.41, 5.74) is 2.85. The number of H-pyrrole nitrogens is 1. The molecule has 0 aliphatic carbocycles. The number of aromatic nitrogens is 3. The first-order valence-electron chi connectivity index (χ1n) is 8.12. The Morgan fingerprint density at radius 3 is 2.67 bits per heavy atom. The first-order valence-corrected chi connectivity index (χ1v) is 9.61. The van der Waals surface area contributed by atoms with Crippen molar-refractivity contribution in [2.45, 2.75) is 4.90 Å². The molecule has 0 saturated carbocycles. The fourth-order valence-electron chi connectivity index (χ4n) is 2.90. The monoisotopic (exact) mass is 382 g/mol. The lowest BCUT2D eigenvalue weighted by molar-refractivity contribution is 0.588. The van der Waals surface area contributed by atoms with E-state index >= 15 is 0 Å². The molecule has 0 spiro atoms. The summed E-state index contributed by atoms with van der Waals surface area (Å²) in [5, 5.41) is 0. The van der Waals surface area contributed by atoms with Crippen LogP contribution in [0.2, 0.25) is 0 Å². The highest BCUT2D eigenvalue weighted by atomic mass is 32.2. The van der Waals surface area contributed by atoms with Crippen molar-refractivity contribution in [2.75, 3.05) is 7.05 Å². The summed E-state index contributed by atoms with van der Waals surface area (Å²) < 4.78 is 41.6. The zero-order valence-electron chi connectivity index (χ0n) is 14.3. The van der Waals surface area contributed by atoms with Gasteiger partial charge < -0.3 is 4.98 Å². The number of rotatable bonds is 4. The molecular formula is C19H15FN4O2S. The molecular weight excluding hydrogens is 367 g/mol. The van der Waals surface area contributed by atoms with Gasteiger partial charge in [0.2, 0.25) is 10.0 Å². The Balaban J connectivity index is 1.81. The predicted molar refractivity (Wildman–Crippen MR) is 101 cm³/mol. The lowest BCUT2D eigenvalue weighted by atomic mass is 10.0. The minimum absolute atomic E-state index is 0.0909. The van der Waals surface area contributed by atoms with Gasteiger partial charge in [0.05, 0.1) is 16.8 Å². The van der Waals surface area contributed by atoms with Crippen molar-refractivity contribution < 1.29 is 12.8 Å². The average Bonchev–Trinajstić information content (AvgIpc) is 3.15. The van der Waals surface area contributed by atoms with Gasteiger partial charge in [0.25, 0.3) is 0 Å². The van der Waals surface area contributed by atoms with Crippen LogP contribution in [0, 0.1) is 5.82 Å². The van der Waals surface area contributed by atoms with E-state index in [9.17, 15) is 12.8 Å². The molecule has 136 valence electrons. The van der Waals surface area contributed by atoms with Gasteiger partial charge in [0.1, 0.15) is 11.3 Å². The molecule has 2 heterocycles. The Morgan fingerprint density at radius 2 is 1.89 bits per heavy atom. The molecule has 27 heavy (non-hydrogen) atoms. The first-order chi connectivity index (χ1) is 13.0. The highest BCUT2D eigenvalue weighted by Crippen LogP contribution is 2.31. The van der Waals surface area contributed by atoms with Gasteiger partial charge in [-0.2, -0.15) is 0 Å². The Hall–Kier alpha value is -3.10. The molecule has 8 heteroatoms. The van der Waals surface area contributed by atoms with Crippen LogP contribution in [-0.2, 0) is 10.0 Å². The number of nitrogens with one attached hydrogen (secondary N) is 2. The summed E-state index contributed by atoms with van der Waals surface area (Å²) in [7, 11) is -2.33. The number of fused-ring (bicyclic) bond motifs is 1. The van der Waals surface area contributed by atoms with Crippen LogP contribution in [0.3, 0.4) is 0 Å². The molecule has 4 rings (SSSR count). The van der Waals surface area contributed by atoms with E-state index in [2.05, 4.69) is 19.7 Å². The SMILES string of the molecule is CNS(=O)(=O)c1ccccc1-c1ccc(-c2cnc3[nH]ccc3n2)c(F)c1. The second kappa shape index (κ2) is 6.57. The number of hydrogen-bond acceptors (Lipinski definition) is 4. The minimum atomic E-state index is -3.67. The summed E-state index contributed by atoms with van der Waals surface area (Å²) in [6.07, 6.45) is 3.21. The number of nitrogens with zero attached hydrogens (tertiary/aromatic N) is 2. The number of benzene rings is 2. The molecule has 0 saturated heterocycles. The quantitative estimate of drug-likeness (QED) is 0.567. The van der Waals surface area contributed by atoms with Crippen LogP contribution in [0.5, 0.6) is 0 Å². The normalized spacial score (nSPS) is 11.8.